The summed E-state index contributed by atoms with van der Waals surface area (Å²) in [5.74, 6) is -0.665. The van der Waals surface area contributed by atoms with E-state index in [1.54, 1.807) is 17.0 Å². The average molecular weight is 517 g/mol. The first-order valence-corrected chi connectivity index (χ1v) is 12.1. The fourth-order valence-corrected chi connectivity index (χ4v) is 5.27. The van der Waals surface area contributed by atoms with E-state index in [4.69, 9.17) is 5.73 Å². The van der Waals surface area contributed by atoms with Crippen LogP contribution in [0.3, 0.4) is 0 Å². The van der Waals surface area contributed by atoms with Crippen molar-refractivity contribution in [1.82, 2.24) is 25.4 Å². The molecule has 2 aromatic rings. The van der Waals surface area contributed by atoms with E-state index in [1.165, 1.54) is 12.4 Å². The lowest BCUT2D eigenvalue weighted by Crippen LogP contribution is -2.54. The van der Waals surface area contributed by atoms with Gasteiger partial charge in [0.25, 0.3) is 0 Å². The number of hydrogen-bond donors (Lipinski definition) is 3. The van der Waals surface area contributed by atoms with Crippen LogP contribution in [0.5, 0.6) is 0 Å². The quantitative estimate of drug-likeness (QED) is 0.559. The van der Waals surface area contributed by atoms with Gasteiger partial charge in [0.05, 0.1) is 11.0 Å². The molecule has 2 unspecified atom stereocenters. The zero-order valence-electron chi connectivity index (χ0n) is 21.2. The summed E-state index contributed by atoms with van der Waals surface area (Å²) < 4.78 is 40.4. The minimum atomic E-state index is -4.49. The molecule has 11 heteroatoms. The van der Waals surface area contributed by atoms with Crippen molar-refractivity contribution in [3.63, 3.8) is 0 Å². The van der Waals surface area contributed by atoms with E-state index in [-0.39, 0.29) is 19.0 Å². The molecule has 2 aliphatic rings. The third-order valence-electron chi connectivity index (χ3n) is 7.13. The van der Waals surface area contributed by atoms with Crippen molar-refractivity contribution in [2.75, 3.05) is 13.1 Å². The number of allylic oxidation sites excluding steroid dienone is 2. The fraction of sp³-hybridized carbons (Fsp3) is 0.462. The number of nitrogens with two attached hydrogens (primary N) is 1. The van der Waals surface area contributed by atoms with Gasteiger partial charge in [0.2, 0.25) is 5.91 Å². The minimum absolute atomic E-state index is 0.106. The van der Waals surface area contributed by atoms with Gasteiger partial charge in [-0.2, -0.15) is 18.3 Å². The van der Waals surface area contributed by atoms with E-state index in [9.17, 15) is 22.8 Å². The third-order valence-corrected chi connectivity index (χ3v) is 7.13. The standard InChI is InChI=1S/C26H31F3N6O2/c1-15(21-31-14-32-34-21)25(22(30)36)10-8-18(16-6-5-7-17(12-16)26(27,28)29)19-9-11-35(13-20(19)25)23(37)33-24(2,3)4/h5-8,12,14-15H,9-11,13H2,1-4H3,(H2,30,36)(H,33,37)(H,31,32,34). The van der Waals surface area contributed by atoms with Crippen molar-refractivity contribution in [2.45, 2.75) is 58.2 Å². The van der Waals surface area contributed by atoms with E-state index in [0.717, 1.165) is 17.7 Å². The number of carbonyl (C=O) groups excluding carboxylic acids is 2. The fourth-order valence-electron chi connectivity index (χ4n) is 5.27. The summed E-state index contributed by atoms with van der Waals surface area (Å²) in [6.45, 7) is 7.86. The number of nitrogens with zero attached hydrogens (tertiary/aromatic N) is 3. The normalized spacial score (nSPS) is 21.3. The van der Waals surface area contributed by atoms with Gasteiger partial charge in [-0.1, -0.05) is 25.1 Å². The molecule has 0 saturated carbocycles. The number of aromatic amines is 1. The molecule has 2 atom stereocenters. The van der Waals surface area contributed by atoms with Crippen LogP contribution in [-0.4, -0.2) is 50.6 Å². The smallest absolute Gasteiger partial charge is 0.369 e. The van der Waals surface area contributed by atoms with E-state index in [1.807, 2.05) is 27.7 Å². The first-order chi connectivity index (χ1) is 17.2. The topological polar surface area (TPSA) is 117 Å². The lowest BCUT2D eigenvalue weighted by molar-refractivity contribution is -0.137. The van der Waals surface area contributed by atoms with Crippen molar-refractivity contribution >= 4 is 17.5 Å². The molecule has 198 valence electrons. The monoisotopic (exact) mass is 516 g/mol. The van der Waals surface area contributed by atoms with Crippen molar-refractivity contribution in [1.29, 1.82) is 0 Å². The van der Waals surface area contributed by atoms with E-state index in [0.29, 0.717) is 35.5 Å². The summed E-state index contributed by atoms with van der Waals surface area (Å²) in [6.07, 6.45) is -0.867. The second-order valence-corrected chi connectivity index (χ2v) is 10.6. The number of amides is 3. The predicted octanol–water partition coefficient (Wildman–Crippen LogP) is 4.40. The van der Waals surface area contributed by atoms with Crippen LogP contribution in [0.4, 0.5) is 18.0 Å². The van der Waals surface area contributed by atoms with Gasteiger partial charge in [0, 0.05) is 24.5 Å². The van der Waals surface area contributed by atoms with Gasteiger partial charge in [-0.15, -0.1) is 0 Å². The van der Waals surface area contributed by atoms with Crippen LogP contribution in [0.15, 0.2) is 47.8 Å². The van der Waals surface area contributed by atoms with Gasteiger partial charge in [0.1, 0.15) is 12.2 Å². The lowest BCUT2D eigenvalue weighted by atomic mass is 9.61. The maximum Gasteiger partial charge on any atom is 0.416 e. The van der Waals surface area contributed by atoms with Crippen LogP contribution in [0.2, 0.25) is 0 Å². The molecule has 0 radical (unpaired) electrons. The maximum atomic E-state index is 13.5. The first kappa shape index (κ1) is 26.4. The molecule has 1 aliphatic heterocycles. The highest BCUT2D eigenvalue weighted by molar-refractivity contribution is 5.92. The number of hydrogen-bond acceptors (Lipinski definition) is 4. The highest BCUT2D eigenvalue weighted by Gasteiger charge is 2.51. The molecule has 8 nitrogen and oxygen atoms in total. The molecule has 0 saturated heterocycles. The highest BCUT2D eigenvalue weighted by Crippen LogP contribution is 2.53. The number of aromatic nitrogens is 3. The Morgan fingerprint density at radius 2 is 1.97 bits per heavy atom. The molecule has 4 N–H and O–H groups in total. The minimum Gasteiger partial charge on any atom is -0.369 e. The van der Waals surface area contributed by atoms with Crippen molar-refractivity contribution < 1.29 is 22.8 Å². The summed E-state index contributed by atoms with van der Waals surface area (Å²) in [5, 5.41) is 9.67. The largest absolute Gasteiger partial charge is 0.416 e. The van der Waals surface area contributed by atoms with Gasteiger partial charge in [-0.3, -0.25) is 9.89 Å². The molecule has 37 heavy (non-hydrogen) atoms. The van der Waals surface area contributed by atoms with Crippen LogP contribution < -0.4 is 11.1 Å². The van der Waals surface area contributed by atoms with Crippen molar-refractivity contribution in [3.8, 4) is 0 Å². The number of urea groups is 1. The van der Waals surface area contributed by atoms with Gasteiger partial charge in [-0.25, -0.2) is 9.78 Å². The number of H-pyrrole nitrogens is 1. The number of halogens is 3. The van der Waals surface area contributed by atoms with Crippen LogP contribution in [0, 0.1) is 5.41 Å². The van der Waals surface area contributed by atoms with Crippen LogP contribution >= 0.6 is 0 Å². The van der Waals surface area contributed by atoms with Crippen molar-refractivity contribution in [3.05, 3.63) is 64.8 Å². The molecule has 0 spiro atoms. The summed E-state index contributed by atoms with van der Waals surface area (Å²) in [7, 11) is 0. The summed E-state index contributed by atoms with van der Waals surface area (Å²) >= 11 is 0. The molecule has 1 aliphatic carbocycles. The molecule has 2 heterocycles. The molecule has 1 aromatic carbocycles. The molecule has 0 fully saturated rings. The Labute approximate surface area is 213 Å². The van der Waals surface area contributed by atoms with Crippen LogP contribution in [0.25, 0.3) is 5.57 Å². The highest BCUT2D eigenvalue weighted by atomic mass is 19.4. The Balaban J connectivity index is 1.85. The van der Waals surface area contributed by atoms with Gasteiger partial charge in [-0.05, 0) is 68.0 Å². The Bertz CT molecular complexity index is 1260. The Kier molecular flexibility index (Phi) is 6.68. The Hall–Kier alpha value is -3.63. The molecule has 1 aromatic heterocycles. The maximum absolute atomic E-state index is 13.5. The summed E-state index contributed by atoms with van der Waals surface area (Å²) in [6, 6.07) is 4.85. The second-order valence-electron chi connectivity index (χ2n) is 10.6. The SMILES string of the molecule is CC(c1ncn[nH]1)C1(C(N)=O)CC=C(c2cccc(C(F)(F)F)c2)C2=C1CN(C(=O)NC(C)(C)C)CC2. The number of carbonyl (C=O) groups is 2. The van der Waals surface area contributed by atoms with E-state index in [2.05, 4.69) is 20.5 Å². The predicted molar refractivity (Wildman–Crippen MR) is 132 cm³/mol. The third kappa shape index (κ3) is 4.99. The molecule has 4 rings (SSSR count). The Morgan fingerprint density at radius 1 is 1.24 bits per heavy atom. The van der Waals surface area contributed by atoms with Crippen LogP contribution in [-0.2, 0) is 11.0 Å². The number of nitrogens with one attached hydrogen (secondary N) is 2. The van der Waals surface area contributed by atoms with Crippen molar-refractivity contribution in [2.24, 2.45) is 11.1 Å². The van der Waals surface area contributed by atoms with Crippen LogP contribution in [0.1, 0.15) is 63.4 Å². The summed E-state index contributed by atoms with van der Waals surface area (Å²) in [4.78, 5) is 32.2. The first-order valence-electron chi connectivity index (χ1n) is 12.1. The number of rotatable bonds is 4. The summed E-state index contributed by atoms with van der Waals surface area (Å²) in [5.41, 5.74) is 5.97. The molecular formula is C26H31F3N6O2. The van der Waals surface area contributed by atoms with Gasteiger partial charge in [0.15, 0.2) is 0 Å². The zero-order chi connectivity index (χ0) is 27.2. The number of alkyl halides is 3. The number of benzene rings is 1. The number of primary amides is 1. The Morgan fingerprint density at radius 3 is 2.57 bits per heavy atom. The van der Waals surface area contributed by atoms with Gasteiger partial charge >= 0.3 is 12.2 Å². The lowest BCUT2D eigenvalue weighted by Gasteiger charge is -2.46. The van der Waals surface area contributed by atoms with E-state index < -0.39 is 34.5 Å². The van der Waals surface area contributed by atoms with E-state index >= 15 is 0 Å². The van der Waals surface area contributed by atoms with Gasteiger partial charge < -0.3 is 16.0 Å². The molecule has 3 amide bonds. The molecule has 0 bridgehead atoms. The average Bonchev–Trinajstić information content (AvgIpc) is 3.36. The zero-order valence-corrected chi connectivity index (χ0v) is 21.2. The molecular weight excluding hydrogens is 485 g/mol. The second kappa shape index (κ2) is 9.35.